The third-order valence-electron chi connectivity index (χ3n) is 12.2. The molecule has 8 aromatic rings. The molecule has 0 amide bonds. The Morgan fingerprint density at radius 2 is 1.09 bits per heavy atom. The third kappa shape index (κ3) is 4.11. The van der Waals surface area contributed by atoms with Crippen LogP contribution in [0, 0.1) is 0 Å². The number of fused-ring (bicyclic) bond motifs is 10. The fourth-order valence-corrected chi connectivity index (χ4v) is 9.53. The van der Waals surface area contributed by atoms with Gasteiger partial charge in [-0.3, -0.25) is 0 Å². The van der Waals surface area contributed by atoms with E-state index in [2.05, 4.69) is 195 Å². The molecule has 3 aliphatic rings. The summed E-state index contributed by atoms with van der Waals surface area (Å²) in [6.07, 6.45) is 0. The molecule has 0 saturated heterocycles. The molecule has 53 heavy (non-hydrogen) atoms. The van der Waals surface area contributed by atoms with E-state index < -0.39 is 0 Å². The number of para-hydroxylation sites is 1. The molecule has 0 aromatic heterocycles. The smallest absolute Gasteiger partial charge is 0.153 e. The lowest BCUT2D eigenvalue weighted by atomic mass is 9.72. The van der Waals surface area contributed by atoms with E-state index in [-0.39, 0.29) is 10.8 Å². The molecule has 0 fully saturated rings. The van der Waals surface area contributed by atoms with Gasteiger partial charge in [-0.15, -0.1) is 0 Å². The lowest BCUT2D eigenvalue weighted by Crippen LogP contribution is -2.32. The maximum atomic E-state index is 7.07. The van der Waals surface area contributed by atoms with Gasteiger partial charge in [0.1, 0.15) is 0 Å². The molecule has 0 radical (unpaired) electrons. The standard InChI is InChI=1S/C50H38N2O/c1-49(2)39-20-10-9-19-37(39)38-26-25-33(28-41(38)49)51(43-23-13-16-31-14-5-7-17-35(31)43)34-29-42-48-46(30-34)53-45-27-24-32-15-6-8-18-36(32)47(45)52(48)44-22-12-11-21-40(44)50(42,3)4/h5-30H,1-4H3. The van der Waals surface area contributed by atoms with Gasteiger partial charge in [0.15, 0.2) is 11.5 Å². The Labute approximate surface area is 310 Å². The molecule has 8 aromatic carbocycles. The lowest BCUT2D eigenvalue weighted by molar-refractivity contribution is 0.472. The van der Waals surface area contributed by atoms with Crippen LogP contribution >= 0.6 is 0 Å². The molecular weight excluding hydrogens is 645 g/mol. The van der Waals surface area contributed by atoms with Crippen LogP contribution in [0.25, 0.3) is 32.7 Å². The monoisotopic (exact) mass is 682 g/mol. The summed E-state index contributed by atoms with van der Waals surface area (Å²) in [6, 6.07) is 57.8. The largest absolute Gasteiger partial charge is 0.453 e. The number of nitrogens with zero attached hydrogens (tertiary/aromatic N) is 2. The zero-order valence-corrected chi connectivity index (χ0v) is 30.3. The predicted molar refractivity (Wildman–Crippen MR) is 221 cm³/mol. The van der Waals surface area contributed by atoms with Crippen LogP contribution in [0.5, 0.6) is 11.5 Å². The van der Waals surface area contributed by atoms with Crippen LogP contribution in [-0.2, 0) is 10.8 Å². The van der Waals surface area contributed by atoms with Gasteiger partial charge in [-0.2, -0.15) is 0 Å². The second kappa shape index (κ2) is 10.6. The molecule has 2 aliphatic heterocycles. The van der Waals surface area contributed by atoms with Crippen LogP contribution in [0.3, 0.4) is 0 Å². The SMILES string of the molecule is CC1(C)c2ccccc2-c2ccc(N(c3cc4c5c(c3)C(C)(C)c3ccccc3N5c3c(ccc5ccccc35)O4)c3cccc4ccccc34)cc21. The average molecular weight is 683 g/mol. The number of rotatable bonds is 3. The Morgan fingerprint density at radius 3 is 1.94 bits per heavy atom. The molecular formula is C50H38N2O. The highest BCUT2D eigenvalue weighted by molar-refractivity contribution is 6.07. The first kappa shape index (κ1) is 30.3. The summed E-state index contributed by atoms with van der Waals surface area (Å²) in [4.78, 5) is 4.92. The van der Waals surface area contributed by atoms with E-state index in [0.29, 0.717) is 0 Å². The number of anilines is 6. The minimum absolute atomic E-state index is 0.129. The molecule has 0 saturated carbocycles. The molecule has 0 atom stereocenters. The average Bonchev–Trinajstić information content (AvgIpc) is 3.42. The van der Waals surface area contributed by atoms with Gasteiger partial charge in [-0.05, 0) is 80.6 Å². The molecule has 11 rings (SSSR count). The van der Waals surface area contributed by atoms with Crippen LogP contribution in [-0.4, -0.2) is 0 Å². The molecule has 254 valence electrons. The van der Waals surface area contributed by atoms with Gasteiger partial charge in [-0.25, -0.2) is 0 Å². The summed E-state index contributed by atoms with van der Waals surface area (Å²) in [6.45, 7) is 9.43. The predicted octanol–water partition coefficient (Wildman–Crippen LogP) is 14.0. The van der Waals surface area contributed by atoms with Crippen molar-refractivity contribution in [2.24, 2.45) is 0 Å². The minimum Gasteiger partial charge on any atom is -0.453 e. The van der Waals surface area contributed by atoms with Crippen molar-refractivity contribution in [3.8, 4) is 22.6 Å². The Morgan fingerprint density at radius 1 is 0.453 bits per heavy atom. The molecule has 0 spiro atoms. The number of ether oxygens (including phenoxy) is 1. The first-order valence-corrected chi connectivity index (χ1v) is 18.6. The lowest BCUT2D eigenvalue weighted by Gasteiger charge is -2.45. The van der Waals surface area contributed by atoms with Crippen LogP contribution in [0.2, 0.25) is 0 Å². The van der Waals surface area contributed by atoms with Gasteiger partial charge in [0, 0.05) is 33.4 Å². The topological polar surface area (TPSA) is 15.7 Å². The fourth-order valence-electron chi connectivity index (χ4n) is 9.53. The van der Waals surface area contributed by atoms with Crippen LogP contribution in [0.4, 0.5) is 34.1 Å². The van der Waals surface area contributed by atoms with Crippen molar-refractivity contribution in [1.82, 2.24) is 0 Å². The molecule has 1 aliphatic carbocycles. The Kier molecular flexibility index (Phi) is 6.07. The molecule has 0 unspecified atom stereocenters. The van der Waals surface area contributed by atoms with Crippen molar-refractivity contribution < 1.29 is 4.74 Å². The second-order valence-electron chi connectivity index (χ2n) is 15.8. The second-order valence-corrected chi connectivity index (χ2v) is 15.8. The maximum Gasteiger partial charge on any atom is 0.153 e. The molecule has 3 heteroatoms. The van der Waals surface area contributed by atoms with Gasteiger partial charge in [0.2, 0.25) is 0 Å². The quantitative estimate of drug-likeness (QED) is 0.184. The number of hydrogen-bond acceptors (Lipinski definition) is 3. The Bertz CT molecular complexity index is 2840. The molecule has 0 N–H and O–H groups in total. The van der Waals surface area contributed by atoms with Crippen molar-refractivity contribution in [3.63, 3.8) is 0 Å². The van der Waals surface area contributed by atoms with E-state index in [9.17, 15) is 0 Å². The summed E-state index contributed by atoms with van der Waals surface area (Å²) >= 11 is 0. The van der Waals surface area contributed by atoms with Gasteiger partial charge in [0.05, 0.1) is 28.4 Å². The van der Waals surface area contributed by atoms with Crippen molar-refractivity contribution in [1.29, 1.82) is 0 Å². The third-order valence-corrected chi connectivity index (χ3v) is 12.2. The van der Waals surface area contributed by atoms with E-state index in [4.69, 9.17) is 4.74 Å². The van der Waals surface area contributed by atoms with Crippen molar-refractivity contribution >= 4 is 55.7 Å². The summed E-state index contributed by atoms with van der Waals surface area (Å²) < 4.78 is 7.07. The van der Waals surface area contributed by atoms with Gasteiger partial charge in [-0.1, -0.05) is 143 Å². The number of hydrogen-bond donors (Lipinski definition) is 0. The summed E-state index contributed by atoms with van der Waals surface area (Å²) in [5, 5.41) is 4.79. The van der Waals surface area contributed by atoms with Crippen molar-refractivity contribution in [2.75, 3.05) is 9.80 Å². The van der Waals surface area contributed by atoms with Gasteiger partial charge in [0.25, 0.3) is 0 Å². The molecule has 0 bridgehead atoms. The highest BCUT2D eigenvalue weighted by atomic mass is 16.5. The zero-order valence-electron chi connectivity index (χ0n) is 30.3. The highest BCUT2D eigenvalue weighted by Gasteiger charge is 2.43. The Balaban J connectivity index is 1.20. The Hall–Kier alpha value is -6.32. The summed E-state index contributed by atoms with van der Waals surface area (Å²) in [7, 11) is 0. The fraction of sp³-hybridized carbons (Fsp3) is 0.120. The van der Waals surface area contributed by atoms with E-state index in [0.717, 1.165) is 39.9 Å². The van der Waals surface area contributed by atoms with Crippen molar-refractivity contribution in [3.05, 3.63) is 180 Å². The van der Waals surface area contributed by atoms with Crippen LogP contribution in [0.1, 0.15) is 49.9 Å². The highest BCUT2D eigenvalue weighted by Crippen LogP contribution is 2.62. The maximum absolute atomic E-state index is 7.07. The van der Waals surface area contributed by atoms with E-state index in [1.807, 2.05) is 0 Å². The first-order valence-electron chi connectivity index (χ1n) is 18.6. The van der Waals surface area contributed by atoms with Gasteiger partial charge < -0.3 is 14.5 Å². The van der Waals surface area contributed by atoms with E-state index in [1.54, 1.807) is 0 Å². The summed E-state index contributed by atoms with van der Waals surface area (Å²) in [5.74, 6) is 1.73. The molecule has 2 heterocycles. The normalized spacial score (nSPS) is 15.2. The number of benzene rings is 8. The minimum atomic E-state index is -0.301. The van der Waals surface area contributed by atoms with E-state index in [1.165, 1.54) is 60.6 Å². The summed E-state index contributed by atoms with van der Waals surface area (Å²) in [5.41, 5.74) is 14.2. The van der Waals surface area contributed by atoms with Crippen molar-refractivity contribution in [2.45, 2.75) is 38.5 Å². The molecule has 3 nitrogen and oxygen atoms in total. The van der Waals surface area contributed by atoms with Crippen LogP contribution < -0.4 is 14.5 Å². The van der Waals surface area contributed by atoms with Gasteiger partial charge >= 0.3 is 0 Å². The first-order chi connectivity index (χ1) is 25.8. The van der Waals surface area contributed by atoms with Crippen LogP contribution in [0.15, 0.2) is 158 Å². The zero-order chi connectivity index (χ0) is 35.6. The van der Waals surface area contributed by atoms with E-state index >= 15 is 0 Å².